The fraction of sp³-hybridized carbons (Fsp3) is 0.571. The van der Waals surface area contributed by atoms with Gasteiger partial charge < -0.3 is 5.32 Å². The van der Waals surface area contributed by atoms with Crippen LogP contribution in [-0.4, -0.2) is 6.04 Å². The van der Waals surface area contributed by atoms with Crippen molar-refractivity contribution >= 4 is 5.69 Å². The maximum absolute atomic E-state index is 12.4. The molecule has 2 atom stereocenters. The molecule has 0 heterocycles. The van der Waals surface area contributed by atoms with Crippen molar-refractivity contribution < 1.29 is 13.2 Å². The lowest BCUT2D eigenvalue weighted by Crippen LogP contribution is -2.15. The maximum Gasteiger partial charge on any atom is 0.416 e. The van der Waals surface area contributed by atoms with E-state index in [2.05, 4.69) is 12.2 Å². The number of benzene rings is 1. The maximum atomic E-state index is 12.4. The molecule has 1 nitrogen and oxygen atoms in total. The minimum absolute atomic E-state index is 0.409. The molecule has 1 saturated carbocycles. The molecule has 1 aliphatic carbocycles. The van der Waals surface area contributed by atoms with Crippen LogP contribution in [0.25, 0.3) is 0 Å². The average molecular weight is 257 g/mol. The predicted octanol–water partition coefficient (Wildman–Crippen LogP) is 4.70. The van der Waals surface area contributed by atoms with Gasteiger partial charge in [-0.15, -0.1) is 0 Å². The van der Waals surface area contributed by atoms with Gasteiger partial charge in [0.15, 0.2) is 0 Å². The van der Waals surface area contributed by atoms with Gasteiger partial charge in [0.25, 0.3) is 0 Å². The smallest absolute Gasteiger partial charge is 0.382 e. The SMILES string of the molecule is CCC1CCC(Nc2ccc(C(F)(F)F)cc2)C1. The van der Waals surface area contributed by atoms with E-state index in [1.807, 2.05) is 0 Å². The Morgan fingerprint density at radius 3 is 2.33 bits per heavy atom. The summed E-state index contributed by atoms with van der Waals surface area (Å²) in [6, 6.07) is 5.71. The van der Waals surface area contributed by atoms with E-state index in [1.54, 1.807) is 0 Å². The highest BCUT2D eigenvalue weighted by molar-refractivity contribution is 5.46. The highest BCUT2D eigenvalue weighted by Gasteiger charge is 2.30. The van der Waals surface area contributed by atoms with E-state index in [0.717, 1.165) is 36.6 Å². The first-order valence-corrected chi connectivity index (χ1v) is 6.43. The number of hydrogen-bond donors (Lipinski definition) is 1. The third-order valence-corrected chi connectivity index (χ3v) is 3.70. The summed E-state index contributed by atoms with van der Waals surface area (Å²) in [5, 5.41) is 3.32. The number of hydrogen-bond acceptors (Lipinski definition) is 1. The van der Waals surface area contributed by atoms with Crippen molar-refractivity contribution in [2.24, 2.45) is 5.92 Å². The zero-order chi connectivity index (χ0) is 13.2. The molecule has 0 bridgehead atoms. The Hall–Kier alpha value is -1.19. The lowest BCUT2D eigenvalue weighted by Gasteiger charge is -2.15. The van der Waals surface area contributed by atoms with E-state index >= 15 is 0 Å². The fourth-order valence-corrected chi connectivity index (χ4v) is 2.57. The van der Waals surface area contributed by atoms with Crippen LogP contribution in [0, 0.1) is 5.92 Å². The molecule has 1 fully saturated rings. The summed E-state index contributed by atoms with van der Waals surface area (Å²) in [6.45, 7) is 2.19. The van der Waals surface area contributed by atoms with Crippen LogP contribution in [0.15, 0.2) is 24.3 Å². The van der Waals surface area contributed by atoms with Gasteiger partial charge in [0.05, 0.1) is 5.56 Å². The quantitative estimate of drug-likeness (QED) is 0.827. The summed E-state index contributed by atoms with van der Waals surface area (Å²) < 4.78 is 37.2. The summed E-state index contributed by atoms with van der Waals surface area (Å²) in [6.07, 6.45) is 0.385. The molecule has 1 aliphatic rings. The molecule has 2 unspecified atom stereocenters. The second-order valence-electron chi connectivity index (χ2n) is 5.00. The van der Waals surface area contributed by atoms with Crippen LogP contribution in [0.4, 0.5) is 18.9 Å². The summed E-state index contributed by atoms with van der Waals surface area (Å²) in [5.41, 5.74) is 0.190. The Bertz CT molecular complexity index is 383. The zero-order valence-corrected chi connectivity index (χ0v) is 10.4. The highest BCUT2D eigenvalue weighted by Crippen LogP contribution is 2.32. The normalized spacial score (nSPS) is 24.2. The molecule has 100 valence electrons. The molecular weight excluding hydrogens is 239 g/mol. The Labute approximate surface area is 105 Å². The Morgan fingerprint density at radius 2 is 1.83 bits per heavy atom. The van der Waals surface area contributed by atoms with Crippen molar-refractivity contribution in [1.82, 2.24) is 0 Å². The van der Waals surface area contributed by atoms with Crippen LogP contribution in [-0.2, 0) is 6.18 Å². The Kier molecular flexibility index (Phi) is 3.83. The molecular formula is C14H18F3N. The van der Waals surface area contributed by atoms with Crippen molar-refractivity contribution in [3.8, 4) is 0 Å². The van der Waals surface area contributed by atoms with Crippen LogP contribution in [0.1, 0.15) is 38.2 Å². The van der Waals surface area contributed by atoms with Crippen LogP contribution in [0.5, 0.6) is 0 Å². The van der Waals surface area contributed by atoms with E-state index < -0.39 is 11.7 Å². The summed E-state index contributed by atoms with van der Waals surface area (Å²) >= 11 is 0. The highest BCUT2D eigenvalue weighted by atomic mass is 19.4. The van der Waals surface area contributed by atoms with Crippen molar-refractivity contribution in [2.75, 3.05) is 5.32 Å². The third kappa shape index (κ3) is 3.18. The first-order valence-electron chi connectivity index (χ1n) is 6.43. The third-order valence-electron chi connectivity index (χ3n) is 3.70. The average Bonchev–Trinajstić information content (AvgIpc) is 2.76. The van der Waals surface area contributed by atoms with Gasteiger partial charge in [-0.3, -0.25) is 0 Å². The molecule has 0 aromatic heterocycles. The largest absolute Gasteiger partial charge is 0.416 e. The van der Waals surface area contributed by atoms with E-state index in [9.17, 15) is 13.2 Å². The predicted molar refractivity (Wildman–Crippen MR) is 66.5 cm³/mol. The standard InChI is InChI=1S/C14H18F3N/c1-2-10-3-6-13(9-10)18-12-7-4-11(5-8-12)14(15,16)17/h4-5,7-8,10,13,18H,2-3,6,9H2,1H3. The molecule has 0 radical (unpaired) electrons. The van der Waals surface area contributed by atoms with Crippen molar-refractivity contribution in [1.29, 1.82) is 0 Å². The van der Waals surface area contributed by atoms with Gasteiger partial charge >= 0.3 is 6.18 Å². The first kappa shape index (κ1) is 13.2. The molecule has 1 aromatic carbocycles. The van der Waals surface area contributed by atoms with E-state index in [-0.39, 0.29) is 0 Å². The lowest BCUT2D eigenvalue weighted by atomic mass is 10.1. The fourth-order valence-electron chi connectivity index (χ4n) is 2.57. The first-order chi connectivity index (χ1) is 8.49. The van der Waals surface area contributed by atoms with Gasteiger partial charge in [-0.1, -0.05) is 13.3 Å². The van der Waals surface area contributed by atoms with Crippen molar-refractivity contribution in [2.45, 2.75) is 44.8 Å². The molecule has 1 N–H and O–H groups in total. The number of rotatable bonds is 3. The van der Waals surface area contributed by atoms with E-state index in [0.29, 0.717) is 6.04 Å². The minimum atomic E-state index is -4.25. The van der Waals surface area contributed by atoms with Gasteiger partial charge in [0, 0.05) is 11.7 Å². The van der Waals surface area contributed by atoms with Crippen LogP contribution in [0.2, 0.25) is 0 Å². The molecule has 18 heavy (non-hydrogen) atoms. The molecule has 0 aliphatic heterocycles. The number of anilines is 1. The monoisotopic (exact) mass is 257 g/mol. The Morgan fingerprint density at radius 1 is 1.17 bits per heavy atom. The zero-order valence-electron chi connectivity index (χ0n) is 10.4. The van der Waals surface area contributed by atoms with Crippen LogP contribution < -0.4 is 5.32 Å². The second kappa shape index (κ2) is 5.21. The van der Waals surface area contributed by atoms with E-state index in [1.165, 1.54) is 25.0 Å². The van der Waals surface area contributed by atoms with Gasteiger partial charge in [-0.25, -0.2) is 0 Å². The van der Waals surface area contributed by atoms with E-state index in [4.69, 9.17) is 0 Å². The van der Waals surface area contributed by atoms with Crippen LogP contribution in [0.3, 0.4) is 0 Å². The van der Waals surface area contributed by atoms with Crippen molar-refractivity contribution in [3.05, 3.63) is 29.8 Å². The number of nitrogens with one attached hydrogen (secondary N) is 1. The summed E-state index contributed by atoms with van der Waals surface area (Å²) in [5.74, 6) is 0.761. The van der Waals surface area contributed by atoms with Gasteiger partial charge in [-0.05, 0) is 49.4 Å². The number of halogens is 3. The topological polar surface area (TPSA) is 12.0 Å². The van der Waals surface area contributed by atoms with Gasteiger partial charge in [-0.2, -0.15) is 13.2 Å². The van der Waals surface area contributed by atoms with Gasteiger partial charge in [0.2, 0.25) is 0 Å². The van der Waals surface area contributed by atoms with Crippen molar-refractivity contribution in [3.63, 3.8) is 0 Å². The van der Waals surface area contributed by atoms with Crippen LogP contribution >= 0.6 is 0 Å². The molecule has 4 heteroatoms. The molecule has 0 saturated heterocycles. The minimum Gasteiger partial charge on any atom is -0.382 e. The molecule has 1 aromatic rings. The summed E-state index contributed by atoms with van der Waals surface area (Å²) in [7, 11) is 0. The number of alkyl halides is 3. The molecule has 0 spiro atoms. The Balaban J connectivity index is 1.95. The second-order valence-corrected chi connectivity index (χ2v) is 5.00. The lowest BCUT2D eigenvalue weighted by molar-refractivity contribution is -0.137. The molecule has 0 amide bonds. The summed E-state index contributed by atoms with van der Waals surface area (Å²) in [4.78, 5) is 0. The molecule has 2 rings (SSSR count). The van der Waals surface area contributed by atoms with Gasteiger partial charge in [0.1, 0.15) is 0 Å².